The molecule has 4 aliphatic heterocycles. The van der Waals surface area contributed by atoms with E-state index in [2.05, 4.69) is 16.7 Å². The summed E-state index contributed by atoms with van der Waals surface area (Å²) in [5, 5.41) is 0. The fourth-order valence-electron chi connectivity index (χ4n) is 4.98. The minimum atomic E-state index is -0.777. The Bertz CT molecular complexity index is 1160. The average Bonchev–Trinajstić information content (AvgIpc) is 3.49. The molecule has 0 aliphatic carbocycles. The van der Waals surface area contributed by atoms with Gasteiger partial charge in [-0.2, -0.15) is 0 Å². The van der Waals surface area contributed by atoms with Crippen LogP contribution < -0.4 is 15.2 Å². The molecule has 0 bridgehead atoms. The number of carbonyl (C=O) groups is 3. The number of likely N-dealkylation sites (tertiary alicyclic amines) is 1. The lowest BCUT2D eigenvalue weighted by Gasteiger charge is -2.41. The number of rotatable bonds is 4. The van der Waals surface area contributed by atoms with Crippen molar-refractivity contribution in [3.63, 3.8) is 0 Å². The fourth-order valence-corrected chi connectivity index (χ4v) is 4.98. The van der Waals surface area contributed by atoms with E-state index in [0.717, 1.165) is 24.3 Å². The van der Waals surface area contributed by atoms with Crippen LogP contribution in [-0.4, -0.2) is 102 Å². The van der Waals surface area contributed by atoms with E-state index in [4.69, 9.17) is 20.2 Å². The van der Waals surface area contributed by atoms with Gasteiger partial charge in [0.2, 0.25) is 6.79 Å². The molecule has 35 heavy (non-hydrogen) atoms. The number of Topliss-reactive ketones (excluding diaryl/α,β-unsaturated/α-hetero) is 1. The summed E-state index contributed by atoms with van der Waals surface area (Å²) < 4.78 is 10.8. The van der Waals surface area contributed by atoms with E-state index in [1.807, 2.05) is 4.90 Å². The number of hydrogen-bond acceptors (Lipinski definition) is 9. The smallest absolute Gasteiger partial charge is 0.328 e. The highest BCUT2D eigenvalue weighted by atomic mass is 16.7. The zero-order valence-corrected chi connectivity index (χ0v) is 19.8. The summed E-state index contributed by atoms with van der Waals surface area (Å²) in [5.74, 6) is 6.41. The molecule has 11 heteroatoms. The summed E-state index contributed by atoms with van der Waals surface area (Å²) in [5.41, 5.74) is 6.46. The third-order valence-electron chi connectivity index (χ3n) is 6.74. The Hall–Kier alpha value is -3.78. The van der Waals surface area contributed by atoms with Gasteiger partial charge in [0.1, 0.15) is 0 Å². The van der Waals surface area contributed by atoms with Crippen LogP contribution >= 0.6 is 0 Å². The molecule has 11 nitrogen and oxygen atoms in total. The molecule has 2 N–H and O–H groups in total. The topological polar surface area (TPSA) is 121 Å². The first-order chi connectivity index (χ1) is 16.9. The van der Waals surface area contributed by atoms with Crippen LogP contribution in [0.5, 0.6) is 11.5 Å². The van der Waals surface area contributed by atoms with Crippen LogP contribution in [-0.2, 0) is 4.79 Å². The van der Waals surface area contributed by atoms with E-state index in [0.29, 0.717) is 24.0 Å². The maximum atomic E-state index is 13.7. The average molecular weight is 481 g/mol. The monoisotopic (exact) mass is 480 g/mol. The van der Waals surface area contributed by atoms with Crippen molar-refractivity contribution in [2.24, 2.45) is 10.7 Å². The first-order valence-electron chi connectivity index (χ1n) is 11.6. The lowest BCUT2D eigenvalue weighted by atomic mass is 10.1. The third kappa shape index (κ3) is 3.93. The quantitative estimate of drug-likeness (QED) is 0.483. The van der Waals surface area contributed by atoms with Gasteiger partial charge in [-0.05, 0) is 31.9 Å². The van der Waals surface area contributed by atoms with Crippen LogP contribution in [0.4, 0.5) is 4.79 Å². The van der Waals surface area contributed by atoms with Gasteiger partial charge in [-0.15, -0.1) is 5.92 Å². The molecule has 4 heterocycles. The fraction of sp³-hybridized carbons (Fsp3) is 0.500. The number of piperidine rings is 1. The van der Waals surface area contributed by atoms with Crippen LogP contribution in [0.3, 0.4) is 0 Å². The molecular formula is C24H28N6O5. The number of nitrogens with zero attached hydrogens (tertiary/aromatic N) is 5. The van der Waals surface area contributed by atoms with E-state index in [1.165, 1.54) is 4.90 Å². The molecule has 1 aromatic carbocycles. The number of hydrogen-bond donors (Lipinski definition) is 1. The van der Waals surface area contributed by atoms with Crippen LogP contribution in [0.1, 0.15) is 30.1 Å². The Balaban J connectivity index is 1.42. The SMILES string of the molecule is CC#CCN1C(N2CCC[C@@H](N)C2)=NC2C1C(=O)N(CC(=O)c1cccc3c1OCO3)C(=O)N2C. The van der Waals surface area contributed by atoms with Crippen molar-refractivity contribution in [3.05, 3.63) is 23.8 Å². The second kappa shape index (κ2) is 9.11. The van der Waals surface area contributed by atoms with Crippen LogP contribution in [0.15, 0.2) is 23.2 Å². The number of carbonyl (C=O) groups excluding carboxylic acids is 3. The third-order valence-corrected chi connectivity index (χ3v) is 6.74. The highest BCUT2D eigenvalue weighted by Gasteiger charge is 2.53. The van der Waals surface area contributed by atoms with E-state index < -0.39 is 36.5 Å². The second-order valence-corrected chi connectivity index (χ2v) is 8.97. The predicted octanol–water partition coefficient (Wildman–Crippen LogP) is 0.305. The standard InChI is InChI=1S/C24H28N6O5/c1-3-4-11-29-19-21(26-23(29)28-10-6-7-15(25)12-28)27(2)24(33)30(22(19)32)13-17(31)16-8-5-9-18-20(16)35-14-34-18/h5,8-9,15,19,21H,6-7,10-14,25H2,1-2H3/t15-,19?,21?/m1/s1. The van der Waals surface area contributed by atoms with Crippen molar-refractivity contribution < 1.29 is 23.9 Å². The molecular weight excluding hydrogens is 452 g/mol. The number of ketones is 1. The zero-order chi connectivity index (χ0) is 24.7. The van der Waals surface area contributed by atoms with Crippen molar-refractivity contribution in [2.45, 2.75) is 38.0 Å². The Morgan fingerprint density at radius 1 is 1.29 bits per heavy atom. The number of imide groups is 1. The van der Waals surface area contributed by atoms with Crippen molar-refractivity contribution in [3.8, 4) is 23.3 Å². The largest absolute Gasteiger partial charge is 0.454 e. The van der Waals surface area contributed by atoms with Gasteiger partial charge >= 0.3 is 6.03 Å². The summed E-state index contributed by atoms with van der Waals surface area (Å²) >= 11 is 0. The van der Waals surface area contributed by atoms with Gasteiger partial charge in [-0.25, -0.2) is 9.79 Å². The molecule has 1 aromatic rings. The molecule has 0 saturated carbocycles. The Kier molecular flexibility index (Phi) is 5.98. The molecule has 0 spiro atoms. The number of amides is 3. The first-order valence-corrected chi connectivity index (χ1v) is 11.6. The predicted molar refractivity (Wildman–Crippen MR) is 126 cm³/mol. The number of nitrogens with two attached hydrogens (primary N) is 1. The van der Waals surface area contributed by atoms with E-state index in [9.17, 15) is 14.4 Å². The molecule has 3 amide bonds. The van der Waals surface area contributed by atoms with Gasteiger partial charge in [0, 0.05) is 26.2 Å². The summed E-state index contributed by atoms with van der Waals surface area (Å²) in [7, 11) is 1.60. The highest BCUT2D eigenvalue weighted by Crippen LogP contribution is 2.36. The maximum absolute atomic E-state index is 13.7. The van der Waals surface area contributed by atoms with Gasteiger partial charge in [0.25, 0.3) is 5.91 Å². The summed E-state index contributed by atoms with van der Waals surface area (Å²) in [4.78, 5) is 51.2. The first kappa shape index (κ1) is 23.0. The number of fused-ring (bicyclic) bond motifs is 2. The Labute approximate surface area is 203 Å². The lowest BCUT2D eigenvalue weighted by molar-refractivity contribution is -0.136. The van der Waals surface area contributed by atoms with Gasteiger partial charge in [-0.3, -0.25) is 14.5 Å². The minimum Gasteiger partial charge on any atom is -0.454 e. The molecule has 0 radical (unpaired) electrons. The van der Waals surface area contributed by atoms with Crippen LogP contribution in [0, 0.1) is 11.8 Å². The molecule has 2 unspecified atom stereocenters. The van der Waals surface area contributed by atoms with Gasteiger partial charge in [-0.1, -0.05) is 12.0 Å². The van der Waals surface area contributed by atoms with Crippen molar-refractivity contribution in [1.82, 2.24) is 19.6 Å². The second-order valence-electron chi connectivity index (χ2n) is 8.97. The van der Waals surface area contributed by atoms with Crippen LogP contribution in [0.25, 0.3) is 0 Å². The molecule has 0 aromatic heterocycles. The normalized spacial score (nSPS) is 25.3. The van der Waals surface area contributed by atoms with E-state index in [-0.39, 0.29) is 24.9 Å². The minimum absolute atomic E-state index is 0.0103. The number of aliphatic imine (C=N–C) groups is 1. The number of guanidine groups is 1. The molecule has 184 valence electrons. The molecule has 5 rings (SSSR count). The number of urea groups is 1. The summed E-state index contributed by atoms with van der Waals surface area (Å²) in [6.07, 6.45) is 1.14. The zero-order valence-electron chi connectivity index (χ0n) is 19.8. The number of para-hydroxylation sites is 1. The number of ether oxygens (including phenoxy) is 2. The van der Waals surface area contributed by atoms with E-state index >= 15 is 0 Å². The Morgan fingerprint density at radius 2 is 2.11 bits per heavy atom. The molecule has 2 saturated heterocycles. The Morgan fingerprint density at radius 3 is 2.89 bits per heavy atom. The number of benzene rings is 1. The van der Waals surface area contributed by atoms with Crippen molar-refractivity contribution in [1.29, 1.82) is 0 Å². The molecule has 3 atom stereocenters. The van der Waals surface area contributed by atoms with Crippen molar-refractivity contribution >= 4 is 23.7 Å². The van der Waals surface area contributed by atoms with Gasteiger partial charge in [0.15, 0.2) is 35.4 Å². The molecule has 4 aliphatic rings. The van der Waals surface area contributed by atoms with Crippen molar-refractivity contribution in [2.75, 3.05) is 40.0 Å². The van der Waals surface area contributed by atoms with Gasteiger partial charge in [0.05, 0.1) is 18.7 Å². The highest BCUT2D eigenvalue weighted by molar-refractivity contribution is 6.09. The van der Waals surface area contributed by atoms with Crippen LogP contribution in [0.2, 0.25) is 0 Å². The number of likely N-dealkylation sites (N-methyl/N-ethyl adjacent to an activating group) is 1. The lowest BCUT2D eigenvalue weighted by Crippen LogP contribution is -2.66. The maximum Gasteiger partial charge on any atom is 0.328 e. The van der Waals surface area contributed by atoms with Gasteiger partial charge < -0.3 is 29.9 Å². The molecule has 2 fully saturated rings. The summed E-state index contributed by atoms with van der Waals surface area (Å²) in [6, 6.07) is 3.63. The van der Waals surface area contributed by atoms with E-state index in [1.54, 1.807) is 32.2 Å². The summed E-state index contributed by atoms with van der Waals surface area (Å²) in [6.45, 7) is 2.98.